The molecule has 1 heterocycles. The highest BCUT2D eigenvalue weighted by atomic mass is 16.2. The van der Waals surface area contributed by atoms with Crippen molar-refractivity contribution in [1.82, 2.24) is 10.2 Å². The lowest BCUT2D eigenvalue weighted by Gasteiger charge is -2.32. The number of carbonyl (C=O) groups is 2. The van der Waals surface area contributed by atoms with Crippen LogP contribution in [0.4, 0.5) is 5.69 Å². The standard InChI is InChI=1S/C20H31N3O2/c1-3-7-19(24)22-18-10-5-9-17(13-18)20(25)21-14-16-8-6-12-23(15-16)11-4-2/h5,9-10,13,16H,3-4,6-8,11-12,14-15H2,1-2H3,(H,21,25)(H,22,24)/t16-/m1/s1. The summed E-state index contributed by atoms with van der Waals surface area (Å²) in [6, 6.07) is 7.15. The number of benzene rings is 1. The molecule has 1 atom stereocenters. The van der Waals surface area contributed by atoms with Crippen molar-refractivity contribution in [2.45, 2.75) is 46.0 Å². The van der Waals surface area contributed by atoms with E-state index in [0.29, 0.717) is 30.1 Å². The van der Waals surface area contributed by atoms with Crippen LogP contribution >= 0.6 is 0 Å². The van der Waals surface area contributed by atoms with Gasteiger partial charge in [0.2, 0.25) is 5.91 Å². The Morgan fingerprint density at radius 3 is 2.84 bits per heavy atom. The second kappa shape index (κ2) is 10.2. The van der Waals surface area contributed by atoms with E-state index in [1.165, 1.54) is 25.8 Å². The second-order valence-corrected chi connectivity index (χ2v) is 6.90. The van der Waals surface area contributed by atoms with Gasteiger partial charge in [0.15, 0.2) is 0 Å². The Morgan fingerprint density at radius 1 is 1.24 bits per heavy atom. The number of nitrogens with one attached hydrogen (secondary N) is 2. The first-order chi connectivity index (χ1) is 12.1. The highest BCUT2D eigenvalue weighted by Gasteiger charge is 2.20. The summed E-state index contributed by atoms with van der Waals surface area (Å²) >= 11 is 0. The summed E-state index contributed by atoms with van der Waals surface area (Å²) in [5.74, 6) is 0.439. The Kier molecular flexibility index (Phi) is 7.92. The van der Waals surface area contributed by atoms with E-state index in [2.05, 4.69) is 22.5 Å². The molecule has 2 rings (SSSR count). The van der Waals surface area contributed by atoms with E-state index < -0.39 is 0 Å². The van der Waals surface area contributed by atoms with Gasteiger partial charge < -0.3 is 15.5 Å². The van der Waals surface area contributed by atoms with Crippen molar-refractivity contribution in [2.24, 2.45) is 5.92 Å². The maximum Gasteiger partial charge on any atom is 0.251 e. The molecule has 1 aliphatic rings. The van der Waals surface area contributed by atoms with Crippen LogP contribution < -0.4 is 10.6 Å². The topological polar surface area (TPSA) is 61.4 Å². The molecular formula is C20H31N3O2. The number of likely N-dealkylation sites (tertiary alicyclic amines) is 1. The third-order valence-corrected chi connectivity index (χ3v) is 4.58. The van der Waals surface area contributed by atoms with Gasteiger partial charge in [-0.2, -0.15) is 0 Å². The summed E-state index contributed by atoms with van der Waals surface area (Å²) < 4.78 is 0. The van der Waals surface area contributed by atoms with Gasteiger partial charge in [0.05, 0.1) is 0 Å². The van der Waals surface area contributed by atoms with Crippen LogP contribution in [0, 0.1) is 5.92 Å². The molecule has 0 saturated carbocycles. The summed E-state index contributed by atoms with van der Waals surface area (Å²) in [6.45, 7) is 8.28. The summed E-state index contributed by atoms with van der Waals surface area (Å²) in [6.07, 6.45) is 4.86. The van der Waals surface area contributed by atoms with E-state index >= 15 is 0 Å². The first kappa shape index (κ1) is 19.4. The molecule has 25 heavy (non-hydrogen) atoms. The molecule has 1 aromatic carbocycles. The van der Waals surface area contributed by atoms with Gasteiger partial charge in [-0.05, 0) is 62.9 Å². The Hall–Kier alpha value is -1.88. The smallest absolute Gasteiger partial charge is 0.251 e. The van der Waals surface area contributed by atoms with Crippen LogP contribution in [0.5, 0.6) is 0 Å². The molecule has 0 spiro atoms. The normalized spacial score (nSPS) is 17.9. The highest BCUT2D eigenvalue weighted by Crippen LogP contribution is 2.16. The molecule has 1 fully saturated rings. The van der Waals surface area contributed by atoms with E-state index in [1.54, 1.807) is 18.2 Å². The largest absolute Gasteiger partial charge is 0.352 e. The van der Waals surface area contributed by atoms with Crippen LogP contribution in [0.2, 0.25) is 0 Å². The van der Waals surface area contributed by atoms with Gasteiger partial charge in [-0.15, -0.1) is 0 Å². The molecule has 0 aromatic heterocycles. The first-order valence-corrected chi connectivity index (χ1v) is 9.52. The van der Waals surface area contributed by atoms with Gasteiger partial charge in [0.25, 0.3) is 5.91 Å². The van der Waals surface area contributed by atoms with Gasteiger partial charge in [-0.3, -0.25) is 9.59 Å². The van der Waals surface area contributed by atoms with E-state index in [9.17, 15) is 9.59 Å². The Balaban J connectivity index is 1.85. The maximum atomic E-state index is 12.4. The molecule has 5 heteroatoms. The van der Waals surface area contributed by atoms with Gasteiger partial charge in [-0.1, -0.05) is 19.9 Å². The lowest BCUT2D eigenvalue weighted by molar-refractivity contribution is -0.116. The molecule has 138 valence electrons. The molecule has 0 radical (unpaired) electrons. The van der Waals surface area contributed by atoms with Crippen LogP contribution in [-0.4, -0.2) is 42.9 Å². The van der Waals surface area contributed by atoms with Crippen molar-refractivity contribution in [3.8, 4) is 0 Å². The fraction of sp³-hybridized carbons (Fsp3) is 0.600. The van der Waals surface area contributed by atoms with Gasteiger partial charge in [0, 0.05) is 30.8 Å². The maximum absolute atomic E-state index is 12.4. The zero-order valence-electron chi connectivity index (χ0n) is 15.5. The van der Waals surface area contributed by atoms with Crippen molar-refractivity contribution in [2.75, 3.05) is 31.5 Å². The van der Waals surface area contributed by atoms with Crippen molar-refractivity contribution >= 4 is 17.5 Å². The van der Waals surface area contributed by atoms with Gasteiger partial charge in [0.1, 0.15) is 0 Å². The quantitative estimate of drug-likeness (QED) is 0.760. The first-order valence-electron chi connectivity index (χ1n) is 9.52. The number of hydrogen-bond donors (Lipinski definition) is 2. The van der Waals surface area contributed by atoms with Crippen molar-refractivity contribution in [3.05, 3.63) is 29.8 Å². The molecule has 0 aliphatic carbocycles. The number of nitrogens with zero attached hydrogens (tertiary/aromatic N) is 1. The fourth-order valence-electron chi connectivity index (χ4n) is 3.37. The second-order valence-electron chi connectivity index (χ2n) is 6.90. The number of amides is 2. The summed E-state index contributed by atoms with van der Waals surface area (Å²) in [5, 5.41) is 5.90. The molecule has 5 nitrogen and oxygen atoms in total. The molecule has 2 amide bonds. The lowest BCUT2D eigenvalue weighted by atomic mass is 9.97. The van der Waals surface area contributed by atoms with Gasteiger partial charge >= 0.3 is 0 Å². The average Bonchev–Trinajstić information content (AvgIpc) is 2.61. The number of hydrogen-bond acceptors (Lipinski definition) is 3. The van der Waals surface area contributed by atoms with E-state index in [-0.39, 0.29) is 11.8 Å². The third-order valence-electron chi connectivity index (χ3n) is 4.58. The van der Waals surface area contributed by atoms with Crippen LogP contribution in [-0.2, 0) is 4.79 Å². The average molecular weight is 345 g/mol. The van der Waals surface area contributed by atoms with Crippen LogP contribution in [0.25, 0.3) is 0 Å². The van der Waals surface area contributed by atoms with Crippen molar-refractivity contribution in [3.63, 3.8) is 0 Å². The number of carbonyl (C=O) groups excluding carboxylic acids is 2. The Labute approximate surface area is 151 Å². The highest BCUT2D eigenvalue weighted by molar-refractivity contribution is 5.97. The molecule has 1 aliphatic heterocycles. The molecule has 0 bridgehead atoms. The SMILES string of the molecule is CCCC(=O)Nc1cccc(C(=O)NC[C@H]2CCCN(CCC)C2)c1. The van der Waals surface area contributed by atoms with E-state index in [0.717, 1.165) is 19.5 Å². The summed E-state index contributed by atoms with van der Waals surface area (Å²) in [7, 11) is 0. The predicted octanol–water partition coefficient (Wildman–Crippen LogP) is 3.28. The molecule has 0 unspecified atom stereocenters. The minimum atomic E-state index is -0.0702. The lowest BCUT2D eigenvalue weighted by Crippen LogP contribution is -2.41. The minimum Gasteiger partial charge on any atom is -0.352 e. The van der Waals surface area contributed by atoms with Crippen molar-refractivity contribution < 1.29 is 9.59 Å². The molecule has 1 saturated heterocycles. The summed E-state index contributed by atoms with van der Waals surface area (Å²) in [4.78, 5) is 26.6. The number of rotatable bonds is 8. The zero-order chi connectivity index (χ0) is 18.1. The minimum absolute atomic E-state index is 0.0155. The van der Waals surface area contributed by atoms with E-state index in [4.69, 9.17) is 0 Å². The van der Waals surface area contributed by atoms with E-state index in [1.807, 2.05) is 13.0 Å². The van der Waals surface area contributed by atoms with Crippen LogP contribution in [0.15, 0.2) is 24.3 Å². The van der Waals surface area contributed by atoms with Crippen LogP contribution in [0.1, 0.15) is 56.3 Å². The fourth-order valence-corrected chi connectivity index (χ4v) is 3.37. The Bertz CT molecular complexity index is 572. The number of anilines is 1. The molecule has 1 aromatic rings. The predicted molar refractivity (Wildman–Crippen MR) is 102 cm³/mol. The third kappa shape index (κ3) is 6.50. The van der Waals surface area contributed by atoms with Crippen LogP contribution in [0.3, 0.4) is 0 Å². The molecule has 2 N–H and O–H groups in total. The monoisotopic (exact) mass is 345 g/mol. The zero-order valence-corrected chi connectivity index (χ0v) is 15.5. The van der Waals surface area contributed by atoms with Crippen molar-refractivity contribution in [1.29, 1.82) is 0 Å². The summed E-state index contributed by atoms with van der Waals surface area (Å²) in [5.41, 5.74) is 1.27. The number of piperidine rings is 1. The Morgan fingerprint density at radius 2 is 2.08 bits per heavy atom. The molecular weight excluding hydrogens is 314 g/mol. The van der Waals surface area contributed by atoms with Gasteiger partial charge in [-0.25, -0.2) is 0 Å².